The lowest BCUT2D eigenvalue weighted by atomic mass is 10.2. The van der Waals surface area contributed by atoms with Crippen molar-refractivity contribution in [1.29, 1.82) is 0 Å². The molecule has 5 nitrogen and oxygen atoms in total. The van der Waals surface area contributed by atoms with Gasteiger partial charge in [-0.15, -0.1) is 5.92 Å². The lowest BCUT2D eigenvalue weighted by molar-refractivity contribution is 0.0696. The summed E-state index contributed by atoms with van der Waals surface area (Å²) < 4.78 is 25.9. The molecular formula is C11H10ClNO4S. The predicted octanol–water partition coefficient (Wildman–Crippen LogP) is 1.34. The first-order chi connectivity index (χ1) is 8.38. The van der Waals surface area contributed by atoms with Gasteiger partial charge in [0.25, 0.3) is 0 Å². The molecule has 0 atom stereocenters. The van der Waals surface area contributed by atoms with E-state index in [2.05, 4.69) is 16.6 Å². The first-order valence-electron chi connectivity index (χ1n) is 4.80. The Morgan fingerprint density at radius 3 is 2.72 bits per heavy atom. The highest BCUT2D eigenvalue weighted by Gasteiger charge is 2.19. The summed E-state index contributed by atoms with van der Waals surface area (Å²) >= 11 is 5.75. The van der Waals surface area contributed by atoms with Crippen LogP contribution in [0.15, 0.2) is 23.1 Å². The van der Waals surface area contributed by atoms with Crippen molar-refractivity contribution in [3.63, 3.8) is 0 Å². The molecular weight excluding hydrogens is 278 g/mol. The Morgan fingerprint density at radius 2 is 2.17 bits per heavy atom. The first-order valence-corrected chi connectivity index (χ1v) is 6.66. The van der Waals surface area contributed by atoms with Crippen LogP contribution in [-0.4, -0.2) is 26.0 Å². The van der Waals surface area contributed by atoms with Crippen LogP contribution in [0.5, 0.6) is 0 Å². The molecule has 1 rings (SSSR count). The van der Waals surface area contributed by atoms with Crippen molar-refractivity contribution in [2.45, 2.75) is 11.8 Å². The minimum absolute atomic E-state index is 0.0445. The van der Waals surface area contributed by atoms with Gasteiger partial charge in [-0.2, -0.15) is 4.72 Å². The Morgan fingerprint density at radius 1 is 1.50 bits per heavy atom. The highest BCUT2D eigenvalue weighted by Crippen LogP contribution is 2.22. The molecule has 1 aromatic carbocycles. The minimum Gasteiger partial charge on any atom is -0.478 e. The zero-order valence-corrected chi connectivity index (χ0v) is 11.0. The van der Waals surface area contributed by atoms with Gasteiger partial charge in [0.15, 0.2) is 0 Å². The van der Waals surface area contributed by atoms with E-state index in [9.17, 15) is 13.2 Å². The van der Waals surface area contributed by atoms with E-state index >= 15 is 0 Å². The maximum absolute atomic E-state index is 11.8. The second kappa shape index (κ2) is 5.87. The first kappa shape index (κ1) is 14.5. The van der Waals surface area contributed by atoms with Crippen LogP contribution < -0.4 is 4.72 Å². The molecule has 0 bridgehead atoms. The fourth-order valence-electron chi connectivity index (χ4n) is 1.14. The molecule has 0 amide bonds. The van der Waals surface area contributed by atoms with E-state index in [1.807, 2.05) is 0 Å². The number of rotatable bonds is 4. The number of halogens is 1. The van der Waals surface area contributed by atoms with Crippen LogP contribution in [0.25, 0.3) is 0 Å². The maximum Gasteiger partial charge on any atom is 0.335 e. The Bertz CT molecular complexity index is 628. The molecule has 0 radical (unpaired) electrons. The van der Waals surface area contributed by atoms with Gasteiger partial charge in [-0.3, -0.25) is 0 Å². The smallest absolute Gasteiger partial charge is 0.335 e. The van der Waals surface area contributed by atoms with Crippen molar-refractivity contribution in [2.75, 3.05) is 6.54 Å². The van der Waals surface area contributed by atoms with Crippen molar-refractivity contribution in [1.82, 2.24) is 4.72 Å². The fraction of sp³-hybridized carbons (Fsp3) is 0.182. The summed E-state index contributed by atoms with van der Waals surface area (Å²) in [5.41, 5.74) is -0.152. The van der Waals surface area contributed by atoms with E-state index in [4.69, 9.17) is 16.7 Å². The number of nitrogens with one attached hydrogen (secondary N) is 1. The van der Waals surface area contributed by atoms with Gasteiger partial charge < -0.3 is 5.11 Å². The van der Waals surface area contributed by atoms with Crippen LogP contribution in [0.1, 0.15) is 17.3 Å². The van der Waals surface area contributed by atoms with Gasteiger partial charge in [0.1, 0.15) is 4.90 Å². The van der Waals surface area contributed by atoms with E-state index in [0.29, 0.717) is 0 Å². The normalized spacial score (nSPS) is 10.6. The number of carboxylic acids is 1. The summed E-state index contributed by atoms with van der Waals surface area (Å²) in [5.74, 6) is 3.84. The molecule has 0 unspecified atom stereocenters. The van der Waals surface area contributed by atoms with E-state index < -0.39 is 16.0 Å². The molecule has 0 spiro atoms. The number of sulfonamides is 1. The summed E-state index contributed by atoms with van der Waals surface area (Å²) in [7, 11) is -3.87. The third-order valence-electron chi connectivity index (χ3n) is 2.00. The van der Waals surface area contributed by atoms with Crippen LogP contribution in [0.4, 0.5) is 0 Å². The average molecular weight is 288 g/mol. The van der Waals surface area contributed by atoms with Crippen molar-refractivity contribution in [3.05, 3.63) is 28.8 Å². The second-order valence-corrected chi connectivity index (χ2v) is 5.34. The number of benzene rings is 1. The Labute approximate surface area is 110 Å². The van der Waals surface area contributed by atoms with E-state index in [0.717, 1.165) is 6.07 Å². The Hall–Kier alpha value is -1.55. The van der Waals surface area contributed by atoms with Gasteiger partial charge >= 0.3 is 5.97 Å². The van der Waals surface area contributed by atoms with Crippen LogP contribution in [-0.2, 0) is 10.0 Å². The molecule has 0 heterocycles. The molecule has 0 aliphatic rings. The van der Waals surface area contributed by atoms with Gasteiger partial charge in [0.05, 0.1) is 17.1 Å². The van der Waals surface area contributed by atoms with Crippen molar-refractivity contribution < 1.29 is 18.3 Å². The summed E-state index contributed by atoms with van der Waals surface area (Å²) in [4.78, 5) is 10.5. The SMILES string of the molecule is CC#CCNS(=O)(=O)c1cc(C(=O)O)ccc1Cl. The predicted molar refractivity (Wildman–Crippen MR) is 67.0 cm³/mol. The van der Waals surface area contributed by atoms with Gasteiger partial charge in [-0.1, -0.05) is 17.5 Å². The van der Waals surface area contributed by atoms with Crippen molar-refractivity contribution in [3.8, 4) is 11.8 Å². The minimum atomic E-state index is -3.87. The molecule has 96 valence electrons. The highest BCUT2D eigenvalue weighted by molar-refractivity contribution is 7.89. The van der Waals surface area contributed by atoms with Crippen LogP contribution >= 0.6 is 11.6 Å². The summed E-state index contributed by atoms with van der Waals surface area (Å²) in [6.07, 6.45) is 0. The zero-order chi connectivity index (χ0) is 13.8. The Kier molecular flexibility index (Phi) is 4.73. The maximum atomic E-state index is 11.8. The largest absolute Gasteiger partial charge is 0.478 e. The standard InChI is InChI=1S/C11H10ClNO4S/c1-2-3-6-13-18(16,17)10-7-8(11(14)15)4-5-9(10)12/h4-5,7,13H,6H2,1H3,(H,14,15). The van der Waals surface area contributed by atoms with Crippen molar-refractivity contribution in [2.24, 2.45) is 0 Å². The molecule has 0 fully saturated rings. The van der Waals surface area contributed by atoms with Gasteiger partial charge in [-0.25, -0.2) is 13.2 Å². The molecule has 0 aliphatic carbocycles. The fourth-order valence-corrected chi connectivity index (χ4v) is 2.59. The summed E-state index contributed by atoms with van der Waals surface area (Å²) in [6, 6.07) is 3.47. The summed E-state index contributed by atoms with van der Waals surface area (Å²) in [5, 5.41) is 8.75. The average Bonchev–Trinajstić information content (AvgIpc) is 2.29. The highest BCUT2D eigenvalue weighted by atomic mass is 35.5. The lowest BCUT2D eigenvalue weighted by Gasteiger charge is -2.07. The third-order valence-corrected chi connectivity index (χ3v) is 3.88. The molecule has 7 heteroatoms. The number of aromatic carboxylic acids is 1. The molecule has 2 N–H and O–H groups in total. The molecule has 1 aromatic rings. The second-order valence-electron chi connectivity index (χ2n) is 3.20. The van der Waals surface area contributed by atoms with Crippen LogP contribution in [0.2, 0.25) is 5.02 Å². The van der Waals surface area contributed by atoms with E-state index in [-0.39, 0.29) is 22.0 Å². The van der Waals surface area contributed by atoms with Crippen LogP contribution in [0.3, 0.4) is 0 Å². The van der Waals surface area contributed by atoms with Crippen molar-refractivity contribution >= 4 is 27.6 Å². The summed E-state index contributed by atoms with van der Waals surface area (Å²) in [6.45, 7) is 1.51. The molecule has 0 aromatic heterocycles. The lowest BCUT2D eigenvalue weighted by Crippen LogP contribution is -2.24. The monoisotopic (exact) mass is 287 g/mol. The number of carbonyl (C=O) groups is 1. The molecule has 0 saturated heterocycles. The molecule has 0 aliphatic heterocycles. The number of hydrogen-bond donors (Lipinski definition) is 2. The quantitative estimate of drug-likeness (QED) is 0.819. The number of hydrogen-bond acceptors (Lipinski definition) is 3. The Balaban J connectivity index is 3.17. The van der Waals surface area contributed by atoms with E-state index in [1.165, 1.54) is 12.1 Å². The third kappa shape index (κ3) is 3.47. The van der Waals surface area contributed by atoms with E-state index in [1.54, 1.807) is 6.92 Å². The molecule has 0 saturated carbocycles. The zero-order valence-electron chi connectivity index (χ0n) is 9.40. The molecule has 18 heavy (non-hydrogen) atoms. The van der Waals surface area contributed by atoms with Gasteiger partial charge in [0, 0.05) is 0 Å². The number of carboxylic acid groups (broad SMARTS) is 1. The van der Waals surface area contributed by atoms with Crippen LogP contribution in [0, 0.1) is 11.8 Å². The van der Waals surface area contributed by atoms with Gasteiger partial charge in [-0.05, 0) is 25.1 Å². The topological polar surface area (TPSA) is 83.5 Å². The van der Waals surface area contributed by atoms with Gasteiger partial charge in [0.2, 0.25) is 10.0 Å².